The van der Waals surface area contributed by atoms with Crippen LogP contribution in [0.15, 0.2) is 41.2 Å². The van der Waals surface area contributed by atoms with E-state index in [0.29, 0.717) is 13.2 Å². The van der Waals surface area contributed by atoms with Crippen LogP contribution in [0.5, 0.6) is 0 Å². The van der Waals surface area contributed by atoms with Gasteiger partial charge in [0.2, 0.25) is 0 Å². The molecule has 0 saturated carbocycles. The normalized spacial score (nSPS) is 22.5. The van der Waals surface area contributed by atoms with Crippen LogP contribution in [0.4, 0.5) is 17.2 Å². The van der Waals surface area contributed by atoms with Crippen molar-refractivity contribution in [2.75, 3.05) is 55.1 Å². The van der Waals surface area contributed by atoms with E-state index in [4.69, 9.17) is 4.74 Å². The van der Waals surface area contributed by atoms with Gasteiger partial charge in [0, 0.05) is 56.7 Å². The van der Waals surface area contributed by atoms with Gasteiger partial charge in [0.15, 0.2) is 0 Å². The van der Waals surface area contributed by atoms with Crippen molar-refractivity contribution in [3.05, 3.63) is 52.3 Å². The first-order chi connectivity index (χ1) is 13.5. The van der Waals surface area contributed by atoms with Crippen LogP contribution in [-0.4, -0.2) is 51.4 Å². The molecule has 2 unspecified atom stereocenters. The van der Waals surface area contributed by atoms with Gasteiger partial charge in [-0.05, 0) is 37.5 Å². The van der Waals surface area contributed by atoms with Crippen molar-refractivity contribution >= 4 is 17.2 Å². The van der Waals surface area contributed by atoms with Gasteiger partial charge in [-0.3, -0.25) is 4.79 Å². The molecular formula is C22H30N4O2. The number of ether oxygens (including phenoxy) is 1. The molecule has 2 saturated heterocycles. The average Bonchev–Trinajstić information content (AvgIpc) is 3.18. The molecule has 2 fully saturated rings. The van der Waals surface area contributed by atoms with E-state index in [2.05, 4.69) is 71.0 Å². The molecule has 6 nitrogen and oxygen atoms in total. The van der Waals surface area contributed by atoms with Gasteiger partial charge >= 0.3 is 0 Å². The van der Waals surface area contributed by atoms with Crippen molar-refractivity contribution in [2.24, 2.45) is 0 Å². The van der Waals surface area contributed by atoms with E-state index in [9.17, 15) is 4.79 Å². The molecule has 28 heavy (non-hydrogen) atoms. The molecule has 1 aromatic carbocycles. The number of H-pyrrole nitrogens is 1. The highest BCUT2D eigenvalue weighted by molar-refractivity contribution is 5.58. The van der Waals surface area contributed by atoms with Gasteiger partial charge in [0.25, 0.3) is 5.56 Å². The Balaban J connectivity index is 1.66. The smallest absolute Gasteiger partial charge is 0.251 e. The number of nitrogens with one attached hydrogen (secondary N) is 1. The van der Waals surface area contributed by atoms with Gasteiger partial charge < -0.3 is 24.4 Å². The molecular weight excluding hydrogens is 352 g/mol. The van der Waals surface area contributed by atoms with Gasteiger partial charge in [-0.15, -0.1) is 0 Å². The highest BCUT2D eigenvalue weighted by Crippen LogP contribution is 2.37. The number of anilines is 3. The highest BCUT2D eigenvalue weighted by atomic mass is 16.5. The number of aromatic nitrogens is 1. The number of hydrogen-bond donors (Lipinski definition) is 1. The van der Waals surface area contributed by atoms with Crippen molar-refractivity contribution in [2.45, 2.75) is 31.8 Å². The fraction of sp³-hybridized carbons (Fsp3) is 0.500. The molecule has 2 aromatic rings. The molecule has 0 amide bonds. The second-order valence-electron chi connectivity index (χ2n) is 8.05. The minimum absolute atomic E-state index is 0.0427. The Morgan fingerprint density at radius 2 is 2.00 bits per heavy atom. The number of aromatic amines is 1. The predicted octanol–water partition coefficient (Wildman–Crippen LogP) is 3.01. The van der Waals surface area contributed by atoms with E-state index < -0.39 is 0 Å². The number of pyridine rings is 1. The van der Waals surface area contributed by atoms with Crippen LogP contribution in [0.25, 0.3) is 0 Å². The van der Waals surface area contributed by atoms with Gasteiger partial charge in [-0.25, -0.2) is 0 Å². The number of rotatable bonds is 4. The third-order valence-corrected chi connectivity index (χ3v) is 5.85. The summed E-state index contributed by atoms with van der Waals surface area (Å²) in [4.78, 5) is 22.3. The summed E-state index contributed by atoms with van der Waals surface area (Å²) < 4.78 is 5.56. The molecule has 0 radical (unpaired) electrons. The molecule has 150 valence electrons. The fourth-order valence-corrected chi connectivity index (χ4v) is 4.36. The van der Waals surface area contributed by atoms with Crippen molar-refractivity contribution in [3.8, 4) is 0 Å². The first kappa shape index (κ1) is 18.9. The van der Waals surface area contributed by atoms with E-state index in [1.54, 1.807) is 6.07 Å². The van der Waals surface area contributed by atoms with Crippen molar-refractivity contribution < 1.29 is 4.74 Å². The van der Waals surface area contributed by atoms with Crippen molar-refractivity contribution in [1.82, 2.24) is 4.98 Å². The summed E-state index contributed by atoms with van der Waals surface area (Å²) in [5, 5.41) is 0. The van der Waals surface area contributed by atoms with E-state index in [0.717, 1.165) is 37.4 Å². The van der Waals surface area contributed by atoms with Gasteiger partial charge in [0.1, 0.15) is 5.82 Å². The molecule has 2 atom stereocenters. The zero-order valence-corrected chi connectivity index (χ0v) is 17.0. The summed E-state index contributed by atoms with van der Waals surface area (Å²) in [6.45, 7) is 5.32. The third-order valence-electron chi connectivity index (χ3n) is 5.85. The molecule has 0 spiro atoms. The topological polar surface area (TPSA) is 51.8 Å². The highest BCUT2D eigenvalue weighted by Gasteiger charge is 2.28. The maximum Gasteiger partial charge on any atom is 0.251 e. The summed E-state index contributed by atoms with van der Waals surface area (Å²) in [6, 6.07) is 13.1. The zero-order chi connectivity index (χ0) is 19.7. The van der Waals surface area contributed by atoms with E-state index in [1.807, 2.05) is 0 Å². The number of morpholine rings is 1. The lowest BCUT2D eigenvalue weighted by atomic mass is 10.0. The zero-order valence-electron chi connectivity index (χ0n) is 17.0. The lowest BCUT2D eigenvalue weighted by molar-refractivity contribution is 0.0989. The van der Waals surface area contributed by atoms with Crippen LogP contribution < -0.4 is 20.3 Å². The van der Waals surface area contributed by atoms with Crippen molar-refractivity contribution in [1.29, 1.82) is 0 Å². The minimum Gasteiger partial charge on any atom is -0.378 e. The average molecular weight is 383 g/mol. The summed E-state index contributed by atoms with van der Waals surface area (Å²) in [5.74, 6) is 0.916. The second kappa shape index (κ2) is 7.87. The summed E-state index contributed by atoms with van der Waals surface area (Å²) in [6.07, 6.45) is 2.22. The van der Waals surface area contributed by atoms with Crippen LogP contribution in [0.1, 0.15) is 31.4 Å². The van der Waals surface area contributed by atoms with E-state index in [1.165, 1.54) is 11.3 Å². The first-order valence-electron chi connectivity index (χ1n) is 10.2. The van der Waals surface area contributed by atoms with Crippen LogP contribution >= 0.6 is 0 Å². The largest absolute Gasteiger partial charge is 0.378 e. The molecule has 4 rings (SSSR count). The molecule has 1 aromatic heterocycles. The molecule has 2 aliphatic heterocycles. The number of hydrogen-bond acceptors (Lipinski definition) is 5. The maximum atomic E-state index is 12.5. The van der Waals surface area contributed by atoms with E-state index >= 15 is 0 Å². The maximum absolute atomic E-state index is 12.5. The minimum atomic E-state index is -0.0427. The Hall–Kier alpha value is -2.47. The summed E-state index contributed by atoms with van der Waals surface area (Å²) in [7, 11) is 4.13. The number of nitrogens with zero attached hydrogens (tertiary/aromatic N) is 3. The SMILES string of the molecule is CC1COCCN1c1cc(N2CCCC2c2cccc(N(C)C)c2)[nH]c(=O)c1. The lowest BCUT2D eigenvalue weighted by Crippen LogP contribution is -2.44. The molecule has 2 aliphatic rings. The number of benzene rings is 1. The first-order valence-corrected chi connectivity index (χ1v) is 10.2. The standard InChI is InChI=1S/C22H30N4O2/c1-16-15-28-11-10-25(16)19-13-21(23-22(27)14-19)26-9-5-8-20(26)17-6-4-7-18(12-17)24(2)3/h4,6-7,12-14,16,20H,5,8-11,15H2,1-3H3,(H,23,27). The Morgan fingerprint density at radius 1 is 1.14 bits per heavy atom. The van der Waals surface area contributed by atoms with Crippen LogP contribution in [0, 0.1) is 0 Å². The summed E-state index contributed by atoms with van der Waals surface area (Å²) in [5.41, 5.74) is 3.45. The second-order valence-corrected chi connectivity index (χ2v) is 8.05. The monoisotopic (exact) mass is 382 g/mol. The lowest BCUT2D eigenvalue weighted by Gasteiger charge is -2.36. The van der Waals surface area contributed by atoms with Gasteiger partial charge in [-0.2, -0.15) is 0 Å². The van der Waals surface area contributed by atoms with Gasteiger partial charge in [-0.1, -0.05) is 12.1 Å². The van der Waals surface area contributed by atoms with Crippen LogP contribution in [0.2, 0.25) is 0 Å². The van der Waals surface area contributed by atoms with Crippen molar-refractivity contribution in [3.63, 3.8) is 0 Å². The Labute approximate surface area is 166 Å². The van der Waals surface area contributed by atoms with Gasteiger partial charge in [0.05, 0.1) is 19.3 Å². The fourth-order valence-electron chi connectivity index (χ4n) is 4.36. The summed E-state index contributed by atoms with van der Waals surface area (Å²) >= 11 is 0. The van der Waals surface area contributed by atoms with Crippen LogP contribution in [0.3, 0.4) is 0 Å². The van der Waals surface area contributed by atoms with Crippen LogP contribution in [-0.2, 0) is 4.74 Å². The Kier molecular flexibility index (Phi) is 5.31. The Bertz CT molecular complexity index is 879. The molecule has 1 N–H and O–H groups in total. The van der Waals surface area contributed by atoms with E-state index in [-0.39, 0.29) is 17.6 Å². The Morgan fingerprint density at radius 3 is 2.79 bits per heavy atom. The molecule has 0 aliphatic carbocycles. The third kappa shape index (κ3) is 3.74. The quantitative estimate of drug-likeness (QED) is 0.881. The molecule has 3 heterocycles. The molecule has 0 bridgehead atoms. The molecule has 6 heteroatoms. The predicted molar refractivity (Wildman–Crippen MR) is 115 cm³/mol.